The summed E-state index contributed by atoms with van der Waals surface area (Å²) >= 11 is 0. The van der Waals surface area contributed by atoms with E-state index in [1.54, 1.807) is 12.2 Å². The van der Waals surface area contributed by atoms with Gasteiger partial charge in [-0.05, 0) is 49.4 Å². The molecule has 4 nitrogen and oxygen atoms in total. The van der Waals surface area contributed by atoms with Crippen LogP contribution in [-0.4, -0.2) is 25.2 Å². The Hall–Kier alpha value is -1.24. The summed E-state index contributed by atoms with van der Waals surface area (Å²) in [6.07, 6.45) is 10.6. The van der Waals surface area contributed by atoms with Gasteiger partial charge < -0.3 is 0 Å². The quantitative estimate of drug-likeness (QED) is 0.564. The number of hydrogen-bond donors (Lipinski definition) is 0. The zero-order valence-corrected chi connectivity index (χ0v) is 10.5. The molecule has 18 heavy (non-hydrogen) atoms. The molecular weight excluding hydrogens is 228 g/mol. The first-order valence-electron chi connectivity index (χ1n) is 6.85. The van der Waals surface area contributed by atoms with Gasteiger partial charge in [0.15, 0.2) is 0 Å². The van der Waals surface area contributed by atoms with E-state index in [0.29, 0.717) is 19.0 Å². The molecule has 0 aromatic rings. The fraction of sp³-hybridized carbons (Fsp3) is 0.857. The van der Waals surface area contributed by atoms with Gasteiger partial charge in [0.25, 0.3) is 0 Å². The number of fused-ring (bicyclic) bond motifs is 5. The molecule has 0 aromatic heterocycles. The predicted octanol–water partition coefficient (Wildman–Crippen LogP) is 2.24. The molecule has 3 saturated carbocycles. The molecule has 3 rings (SSSR count). The van der Waals surface area contributed by atoms with Crippen LogP contribution in [0.1, 0.15) is 38.5 Å². The molecule has 0 radical (unpaired) electrons. The van der Waals surface area contributed by atoms with Gasteiger partial charge in [0.05, 0.1) is 13.1 Å². The summed E-state index contributed by atoms with van der Waals surface area (Å²) in [5.41, 5.74) is 0.226. The second-order valence-electron chi connectivity index (χ2n) is 6.25. The monoisotopic (exact) mass is 246 g/mol. The Morgan fingerprint density at radius 3 is 2.61 bits per heavy atom. The van der Waals surface area contributed by atoms with E-state index in [1.165, 1.54) is 19.3 Å². The average molecular weight is 246 g/mol. The molecule has 3 aliphatic carbocycles. The molecule has 0 heterocycles. The summed E-state index contributed by atoms with van der Waals surface area (Å²) in [6, 6.07) is 0. The third kappa shape index (κ3) is 1.33. The summed E-state index contributed by atoms with van der Waals surface area (Å²) in [4.78, 5) is 28.8. The van der Waals surface area contributed by atoms with Crippen molar-refractivity contribution in [1.29, 1.82) is 0 Å². The molecule has 4 unspecified atom stereocenters. The lowest BCUT2D eigenvalue weighted by Gasteiger charge is -2.46. The van der Waals surface area contributed by atoms with Gasteiger partial charge >= 0.3 is 0 Å². The number of carbonyl (C=O) groups excluding carboxylic acids is 2. The van der Waals surface area contributed by atoms with Crippen LogP contribution in [0.15, 0.2) is 9.98 Å². The first-order valence-corrected chi connectivity index (χ1v) is 6.85. The summed E-state index contributed by atoms with van der Waals surface area (Å²) in [6.45, 7) is 1.17. The van der Waals surface area contributed by atoms with Crippen molar-refractivity contribution < 1.29 is 9.59 Å². The summed E-state index contributed by atoms with van der Waals surface area (Å²) in [5, 5.41) is 0. The fourth-order valence-electron chi connectivity index (χ4n) is 5.43. The van der Waals surface area contributed by atoms with E-state index in [1.807, 2.05) is 0 Å². The highest BCUT2D eigenvalue weighted by Gasteiger charge is 2.67. The third-order valence-electron chi connectivity index (χ3n) is 5.99. The number of aliphatic imine (C=N–C) groups is 2. The maximum Gasteiger partial charge on any atom is 0.234 e. The van der Waals surface area contributed by atoms with Crippen molar-refractivity contribution in [2.75, 3.05) is 13.1 Å². The van der Waals surface area contributed by atoms with Crippen LogP contribution in [0, 0.1) is 22.7 Å². The third-order valence-corrected chi connectivity index (χ3v) is 5.99. The molecule has 4 atom stereocenters. The predicted molar refractivity (Wildman–Crippen MR) is 65.5 cm³/mol. The summed E-state index contributed by atoms with van der Waals surface area (Å²) < 4.78 is 0. The Bertz CT molecular complexity index is 451. The number of hydrogen-bond acceptors (Lipinski definition) is 4. The Balaban J connectivity index is 1.99. The van der Waals surface area contributed by atoms with Gasteiger partial charge in [0.2, 0.25) is 12.2 Å². The highest BCUT2D eigenvalue weighted by Crippen LogP contribution is 2.72. The standard InChI is InChI=1S/C14H18N2O2/c17-9-15-7-13-5-3-11(6-13)12-2-1-4-14(12,13)8-16-10-18/h11-12H,1-8H2. The Kier molecular flexibility index (Phi) is 2.73. The van der Waals surface area contributed by atoms with Crippen molar-refractivity contribution in [3.05, 3.63) is 0 Å². The van der Waals surface area contributed by atoms with Gasteiger partial charge in [0.1, 0.15) is 0 Å². The van der Waals surface area contributed by atoms with Crippen LogP contribution in [0.5, 0.6) is 0 Å². The Labute approximate surface area is 107 Å². The van der Waals surface area contributed by atoms with E-state index in [2.05, 4.69) is 9.98 Å². The first-order chi connectivity index (χ1) is 8.78. The molecule has 3 fully saturated rings. The van der Waals surface area contributed by atoms with Crippen LogP contribution >= 0.6 is 0 Å². The van der Waals surface area contributed by atoms with Crippen molar-refractivity contribution >= 4 is 12.2 Å². The van der Waals surface area contributed by atoms with Crippen LogP contribution in [0.2, 0.25) is 0 Å². The minimum absolute atomic E-state index is 0.108. The number of rotatable bonds is 4. The Morgan fingerprint density at radius 2 is 1.83 bits per heavy atom. The van der Waals surface area contributed by atoms with Gasteiger partial charge in [-0.3, -0.25) is 0 Å². The van der Waals surface area contributed by atoms with Gasteiger partial charge in [-0.15, -0.1) is 0 Å². The van der Waals surface area contributed by atoms with E-state index in [0.717, 1.165) is 25.2 Å². The van der Waals surface area contributed by atoms with Crippen LogP contribution in [0.4, 0.5) is 0 Å². The average Bonchev–Trinajstić information content (AvgIpc) is 3.04. The molecule has 0 amide bonds. The summed E-state index contributed by atoms with van der Waals surface area (Å²) in [7, 11) is 0. The molecule has 0 aliphatic heterocycles. The van der Waals surface area contributed by atoms with E-state index < -0.39 is 0 Å². The van der Waals surface area contributed by atoms with Crippen LogP contribution in [0.25, 0.3) is 0 Å². The van der Waals surface area contributed by atoms with E-state index in [-0.39, 0.29) is 10.8 Å². The van der Waals surface area contributed by atoms with Crippen molar-refractivity contribution in [2.45, 2.75) is 38.5 Å². The molecule has 3 aliphatic rings. The summed E-state index contributed by atoms with van der Waals surface area (Å²) in [5.74, 6) is 1.45. The SMILES string of the molecule is O=C=NCC12CCC(C1)C1CCCC12CN=C=O. The van der Waals surface area contributed by atoms with Crippen molar-refractivity contribution in [1.82, 2.24) is 0 Å². The maximum atomic E-state index is 10.5. The maximum absolute atomic E-state index is 10.5. The van der Waals surface area contributed by atoms with Gasteiger partial charge in [-0.2, -0.15) is 0 Å². The number of isocyanates is 2. The van der Waals surface area contributed by atoms with Crippen LogP contribution in [0.3, 0.4) is 0 Å². The van der Waals surface area contributed by atoms with Gasteiger partial charge in [-0.25, -0.2) is 19.6 Å². The zero-order chi connectivity index (χ0) is 12.6. The smallest absolute Gasteiger partial charge is 0.211 e. The second kappa shape index (κ2) is 4.15. The molecule has 4 heteroatoms. The molecule has 0 spiro atoms. The molecule has 0 saturated heterocycles. The fourth-order valence-corrected chi connectivity index (χ4v) is 5.43. The van der Waals surface area contributed by atoms with Crippen LogP contribution < -0.4 is 0 Å². The van der Waals surface area contributed by atoms with Crippen molar-refractivity contribution in [2.24, 2.45) is 32.7 Å². The topological polar surface area (TPSA) is 58.9 Å². The van der Waals surface area contributed by atoms with Gasteiger partial charge in [-0.1, -0.05) is 6.42 Å². The second-order valence-corrected chi connectivity index (χ2v) is 6.25. The molecule has 0 N–H and O–H groups in total. The number of nitrogens with zero attached hydrogens (tertiary/aromatic N) is 2. The van der Waals surface area contributed by atoms with Gasteiger partial charge in [0, 0.05) is 5.41 Å². The van der Waals surface area contributed by atoms with E-state index >= 15 is 0 Å². The molecule has 0 aromatic carbocycles. The highest BCUT2D eigenvalue weighted by atomic mass is 16.1. The minimum atomic E-state index is 0.108. The van der Waals surface area contributed by atoms with Crippen molar-refractivity contribution in [3.8, 4) is 0 Å². The lowest BCUT2D eigenvalue weighted by Crippen LogP contribution is -2.45. The normalized spacial score (nSPS) is 44.2. The molecule has 2 bridgehead atoms. The van der Waals surface area contributed by atoms with Crippen LogP contribution in [-0.2, 0) is 9.59 Å². The van der Waals surface area contributed by atoms with Crippen molar-refractivity contribution in [3.63, 3.8) is 0 Å². The largest absolute Gasteiger partial charge is 0.234 e. The highest BCUT2D eigenvalue weighted by molar-refractivity contribution is 5.35. The zero-order valence-electron chi connectivity index (χ0n) is 10.5. The van der Waals surface area contributed by atoms with E-state index in [9.17, 15) is 9.59 Å². The minimum Gasteiger partial charge on any atom is -0.211 e. The first kappa shape index (κ1) is 11.8. The molecule has 96 valence electrons. The lowest BCUT2D eigenvalue weighted by atomic mass is 9.59. The Morgan fingerprint density at radius 1 is 1.06 bits per heavy atom. The lowest BCUT2D eigenvalue weighted by molar-refractivity contribution is 0.0386. The molecular formula is C14H18N2O2. The van der Waals surface area contributed by atoms with E-state index in [4.69, 9.17) is 0 Å².